The van der Waals surface area contributed by atoms with Gasteiger partial charge in [-0.3, -0.25) is 9.36 Å². The topological polar surface area (TPSA) is 83.2 Å². The molecule has 1 amide bonds. The number of aromatic nitrogens is 4. The number of aryl methyl sites for hydroxylation is 2. The van der Waals surface area contributed by atoms with E-state index in [-0.39, 0.29) is 11.7 Å². The van der Waals surface area contributed by atoms with Crippen LogP contribution in [0.3, 0.4) is 0 Å². The molecule has 0 fully saturated rings. The standard InChI is InChI=1S/C25H27N5O3S/c1-17-7-9-18(10-8-17)30-23(14-19-6-5-13-29(19)2)27-28-25(30)34-16-24(31)26-21-12-11-20(32-3)15-22(21)33-4/h5-13,15H,14,16H2,1-4H3,(H,26,31). The third kappa shape index (κ3) is 5.26. The highest BCUT2D eigenvalue weighted by Gasteiger charge is 2.18. The first-order valence-corrected chi connectivity index (χ1v) is 11.7. The maximum absolute atomic E-state index is 12.7. The van der Waals surface area contributed by atoms with E-state index in [0.29, 0.717) is 28.8 Å². The van der Waals surface area contributed by atoms with Crippen LogP contribution in [0.5, 0.6) is 11.5 Å². The van der Waals surface area contributed by atoms with Crippen LogP contribution in [-0.4, -0.2) is 45.2 Å². The molecule has 0 aliphatic heterocycles. The van der Waals surface area contributed by atoms with Gasteiger partial charge in [-0.1, -0.05) is 29.5 Å². The second-order valence-corrected chi connectivity index (χ2v) is 8.70. The number of hydrogen-bond acceptors (Lipinski definition) is 6. The predicted octanol–water partition coefficient (Wildman–Crippen LogP) is 4.25. The second kappa shape index (κ2) is 10.5. The van der Waals surface area contributed by atoms with E-state index in [1.807, 2.05) is 42.9 Å². The summed E-state index contributed by atoms with van der Waals surface area (Å²) in [5.41, 5.74) is 3.84. The molecule has 2 heterocycles. The van der Waals surface area contributed by atoms with Crippen molar-refractivity contribution in [1.29, 1.82) is 0 Å². The normalized spacial score (nSPS) is 10.8. The Balaban J connectivity index is 1.54. The fraction of sp³-hybridized carbons (Fsp3) is 0.240. The van der Waals surface area contributed by atoms with Crippen molar-refractivity contribution < 1.29 is 14.3 Å². The van der Waals surface area contributed by atoms with E-state index in [2.05, 4.69) is 38.3 Å². The van der Waals surface area contributed by atoms with E-state index in [4.69, 9.17) is 9.47 Å². The number of carbonyl (C=O) groups excluding carboxylic acids is 1. The number of benzene rings is 2. The molecule has 0 saturated carbocycles. The summed E-state index contributed by atoms with van der Waals surface area (Å²) < 4.78 is 14.7. The number of carbonyl (C=O) groups is 1. The minimum atomic E-state index is -0.170. The molecule has 4 aromatic rings. The van der Waals surface area contributed by atoms with Crippen molar-refractivity contribution >= 4 is 23.4 Å². The van der Waals surface area contributed by atoms with E-state index in [9.17, 15) is 4.79 Å². The summed E-state index contributed by atoms with van der Waals surface area (Å²) >= 11 is 1.34. The van der Waals surface area contributed by atoms with Crippen LogP contribution in [0.2, 0.25) is 0 Å². The molecule has 0 radical (unpaired) electrons. The largest absolute Gasteiger partial charge is 0.497 e. The van der Waals surface area contributed by atoms with Crippen LogP contribution in [-0.2, 0) is 18.3 Å². The Bertz CT molecular complexity index is 1280. The zero-order valence-electron chi connectivity index (χ0n) is 19.6. The molecule has 1 N–H and O–H groups in total. The average molecular weight is 478 g/mol. The van der Waals surface area contributed by atoms with E-state index in [1.165, 1.54) is 17.3 Å². The zero-order valence-corrected chi connectivity index (χ0v) is 20.4. The number of amides is 1. The lowest BCUT2D eigenvalue weighted by atomic mass is 10.2. The Morgan fingerprint density at radius 2 is 1.85 bits per heavy atom. The van der Waals surface area contributed by atoms with Crippen molar-refractivity contribution in [3.05, 3.63) is 77.9 Å². The van der Waals surface area contributed by atoms with Gasteiger partial charge in [-0.15, -0.1) is 10.2 Å². The van der Waals surface area contributed by atoms with Gasteiger partial charge in [0.25, 0.3) is 0 Å². The van der Waals surface area contributed by atoms with Crippen LogP contribution in [0.1, 0.15) is 17.1 Å². The summed E-state index contributed by atoms with van der Waals surface area (Å²) in [6.07, 6.45) is 2.63. The van der Waals surface area contributed by atoms with Crippen LogP contribution in [0, 0.1) is 6.92 Å². The van der Waals surface area contributed by atoms with Crippen LogP contribution in [0.4, 0.5) is 5.69 Å². The smallest absolute Gasteiger partial charge is 0.234 e. The van der Waals surface area contributed by atoms with Crippen LogP contribution in [0.15, 0.2) is 66.0 Å². The third-order valence-electron chi connectivity index (χ3n) is 5.40. The van der Waals surface area contributed by atoms with Crippen LogP contribution in [0.25, 0.3) is 5.69 Å². The fourth-order valence-electron chi connectivity index (χ4n) is 3.52. The molecule has 9 heteroatoms. The van der Waals surface area contributed by atoms with Crippen molar-refractivity contribution in [3.8, 4) is 17.2 Å². The molecule has 0 saturated heterocycles. The van der Waals surface area contributed by atoms with Gasteiger partial charge in [-0.05, 0) is 43.3 Å². The van der Waals surface area contributed by atoms with E-state index >= 15 is 0 Å². The van der Waals surface area contributed by atoms with Crippen molar-refractivity contribution in [2.75, 3.05) is 25.3 Å². The number of hydrogen-bond donors (Lipinski definition) is 1. The lowest BCUT2D eigenvalue weighted by Crippen LogP contribution is -2.15. The highest BCUT2D eigenvalue weighted by molar-refractivity contribution is 7.99. The Labute approximate surface area is 202 Å². The number of rotatable bonds is 9. The number of thioether (sulfide) groups is 1. The molecule has 2 aromatic carbocycles. The molecule has 4 rings (SSSR count). The van der Waals surface area contributed by atoms with Gasteiger partial charge in [0.2, 0.25) is 5.91 Å². The summed E-state index contributed by atoms with van der Waals surface area (Å²) in [6.45, 7) is 2.05. The Kier molecular flexibility index (Phi) is 7.22. The fourth-order valence-corrected chi connectivity index (χ4v) is 4.29. The number of ether oxygens (including phenoxy) is 2. The molecule has 2 aromatic heterocycles. The predicted molar refractivity (Wildman–Crippen MR) is 133 cm³/mol. The highest BCUT2D eigenvalue weighted by Crippen LogP contribution is 2.30. The van der Waals surface area contributed by atoms with Crippen molar-refractivity contribution in [3.63, 3.8) is 0 Å². The van der Waals surface area contributed by atoms with E-state index in [0.717, 1.165) is 17.2 Å². The first-order chi connectivity index (χ1) is 16.5. The quantitative estimate of drug-likeness (QED) is 0.363. The molecule has 34 heavy (non-hydrogen) atoms. The molecule has 0 atom stereocenters. The van der Waals surface area contributed by atoms with Gasteiger partial charge >= 0.3 is 0 Å². The van der Waals surface area contributed by atoms with E-state index < -0.39 is 0 Å². The molecule has 0 unspecified atom stereocenters. The second-order valence-electron chi connectivity index (χ2n) is 7.76. The SMILES string of the molecule is COc1ccc(NC(=O)CSc2nnc(Cc3cccn3C)n2-c2ccc(C)cc2)c(OC)c1. The summed E-state index contributed by atoms with van der Waals surface area (Å²) in [7, 11) is 5.15. The van der Waals surface area contributed by atoms with Crippen LogP contribution < -0.4 is 14.8 Å². The van der Waals surface area contributed by atoms with Crippen molar-refractivity contribution in [2.45, 2.75) is 18.5 Å². The van der Waals surface area contributed by atoms with Crippen molar-refractivity contribution in [1.82, 2.24) is 19.3 Å². The average Bonchev–Trinajstić information content (AvgIpc) is 3.44. The summed E-state index contributed by atoms with van der Waals surface area (Å²) in [4.78, 5) is 12.7. The zero-order chi connectivity index (χ0) is 24.1. The lowest BCUT2D eigenvalue weighted by Gasteiger charge is -2.12. The van der Waals surface area contributed by atoms with Gasteiger partial charge in [-0.2, -0.15) is 0 Å². The monoisotopic (exact) mass is 477 g/mol. The molecule has 0 aliphatic rings. The Morgan fingerprint density at radius 3 is 2.53 bits per heavy atom. The van der Waals surface area contributed by atoms with Gasteiger partial charge in [0.15, 0.2) is 5.16 Å². The Morgan fingerprint density at radius 1 is 1.06 bits per heavy atom. The summed E-state index contributed by atoms with van der Waals surface area (Å²) in [5.74, 6) is 2.00. The number of methoxy groups -OCH3 is 2. The maximum Gasteiger partial charge on any atom is 0.234 e. The maximum atomic E-state index is 12.7. The highest BCUT2D eigenvalue weighted by atomic mass is 32.2. The van der Waals surface area contributed by atoms with E-state index in [1.54, 1.807) is 32.4 Å². The summed E-state index contributed by atoms with van der Waals surface area (Å²) in [6, 6.07) is 17.5. The molecule has 0 bridgehead atoms. The van der Waals surface area contributed by atoms with Gasteiger partial charge in [0, 0.05) is 37.1 Å². The lowest BCUT2D eigenvalue weighted by molar-refractivity contribution is -0.113. The third-order valence-corrected chi connectivity index (χ3v) is 6.33. The van der Waals surface area contributed by atoms with Crippen molar-refractivity contribution in [2.24, 2.45) is 7.05 Å². The Hall–Kier alpha value is -3.72. The van der Waals surface area contributed by atoms with Gasteiger partial charge in [0.1, 0.15) is 17.3 Å². The first-order valence-electron chi connectivity index (χ1n) is 10.7. The molecule has 0 spiro atoms. The van der Waals surface area contributed by atoms with Crippen LogP contribution >= 0.6 is 11.8 Å². The molecule has 0 aliphatic carbocycles. The van der Waals surface area contributed by atoms with Gasteiger partial charge < -0.3 is 19.4 Å². The molecule has 176 valence electrons. The summed E-state index contributed by atoms with van der Waals surface area (Å²) in [5, 5.41) is 12.4. The molecule has 8 nitrogen and oxygen atoms in total. The minimum absolute atomic E-state index is 0.170. The number of anilines is 1. The number of nitrogens with one attached hydrogen (secondary N) is 1. The number of nitrogens with zero attached hydrogens (tertiary/aromatic N) is 4. The molecular formula is C25H27N5O3S. The first kappa shape index (κ1) is 23.4. The minimum Gasteiger partial charge on any atom is -0.497 e. The van der Waals surface area contributed by atoms with Gasteiger partial charge in [0.05, 0.1) is 25.7 Å². The van der Waals surface area contributed by atoms with Gasteiger partial charge in [-0.25, -0.2) is 0 Å². The molecular weight excluding hydrogens is 450 g/mol.